The minimum atomic E-state index is -1.03. The predicted molar refractivity (Wildman–Crippen MR) is 131 cm³/mol. The first-order chi connectivity index (χ1) is 16.3. The standard InChI is InChI=1S/C26H39N3O5/c1-2-3-4-5-6-9-12-20-21(13-10-7-8-11-14-25(31)32)24(30)16-23(20)29-17-19(28-18-29)15-22(27)26(33)34/h7,9-10,12,17,20-23H,2-6,8,11,13-16,18,27H2,1H3,(H-,31,32,33,34)/p+2/b10-7-,12-9+/t20-,21?,22+,23?/m1/s1. The monoisotopic (exact) mass is 475 g/mol. The summed E-state index contributed by atoms with van der Waals surface area (Å²) >= 11 is 0. The summed E-state index contributed by atoms with van der Waals surface area (Å²) in [7, 11) is 0. The van der Waals surface area contributed by atoms with E-state index < -0.39 is 18.0 Å². The summed E-state index contributed by atoms with van der Waals surface area (Å²) in [6.07, 6.45) is 18.9. The van der Waals surface area contributed by atoms with Crippen LogP contribution >= 0.6 is 0 Å². The largest absolute Gasteiger partial charge is 0.481 e. The van der Waals surface area contributed by atoms with Gasteiger partial charge in [-0.15, -0.1) is 0 Å². The zero-order chi connectivity index (χ0) is 24.9. The van der Waals surface area contributed by atoms with Crippen molar-refractivity contribution in [2.24, 2.45) is 17.6 Å². The Kier molecular flexibility index (Phi) is 11.9. The number of nitrogens with two attached hydrogens (primary N) is 1. The quantitative estimate of drug-likeness (QED) is 0.152. The molecule has 0 saturated heterocycles. The van der Waals surface area contributed by atoms with Crippen LogP contribution in [0.2, 0.25) is 0 Å². The fourth-order valence-corrected chi connectivity index (χ4v) is 4.69. The molecule has 0 bridgehead atoms. The number of Topliss-reactive ketones (excluding diaryl/α,β-unsaturated/α-hetero) is 1. The van der Waals surface area contributed by atoms with E-state index in [2.05, 4.69) is 28.6 Å². The van der Waals surface area contributed by atoms with Crippen molar-refractivity contribution in [3.8, 4) is 0 Å². The van der Waals surface area contributed by atoms with Crippen LogP contribution in [0.5, 0.6) is 0 Å². The number of carboxylic acid groups (broad SMARTS) is 2. The van der Waals surface area contributed by atoms with E-state index in [9.17, 15) is 14.4 Å². The van der Waals surface area contributed by atoms with E-state index in [-0.39, 0.29) is 36.5 Å². The number of ketones is 1. The Labute approximate surface area is 202 Å². The molecule has 1 aliphatic carbocycles. The van der Waals surface area contributed by atoms with Gasteiger partial charge in [-0.05, 0) is 32.1 Å². The van der Waals surface area contributed by atoms with Crippen molar-refractivity contribution in [2.75, 3.05) is 6.67 Å². The highest BCUT2D eigenvalue weighted by Crippen LogP contribution is 2.35. The van der Waals surface area contributed by atoms with Crippen molar-refractivity contribution >= 4 is 29.6 Å². The van der Waals surface area contributed by atoms with Crippen LogP contribution in [-0.4, -0.2) is 63.2 Å². The molecule has 0 spiro atoms. The highest BCUT2D eigenvalue weighted by molar-refractivity contribution is 6.26. The van der Waals surface area contributed by atoms with E-state index in [1.165, 1.54) is 19.3 Å². The average molecular weight is 476 g/mol. The molecular formula is C26H41N3O5+2. The fraction of sp³-hybridized carbons (Fsp3) is 0.654. The number of hydrogen-bond donors (Lipinski definition) is 4. The van der Waals surface area contributed by atoms with Crippen LogP contribution in [0.3, 0.4) is 0 Å². The van der Waals surface area contributed by atoms with Gasteiger partial charge in [-0.3, -0.25) is 14.4 Å². The molecule has 1 aliphatic heterocycles. The molecule has 4 atom stereocenters. The number of aliphatic carboxylic acids is 2. The van der Waals surface area contributed by atoms with Crippen LogP contribution in [0.15, 0.2) is 24.3 Å². The number of carbonyl (C=O) groups excluding carboxylic acids is 1. The topological polar surface area (TPSA) is 135 Å². The lowest BCUT2D eigenvalue weighted by molar-refractivity contribution is -0.710. The van der Waals surface area contributed by atoms with Crippen LogP contribution in [0, 0.1) is 11.8 Å². The molecule has 1 fully saturated rings. The molecule has 2 aliphatic rings. The Morgan fingerprint density at radius 3 is 2.65 bits per heavy atom. The third kappa shape index (κ3) is 8.97. The molecular weight excluding hydrogens is 434 g/mol. The van der Waals surface area contributed by atoms with E-state index in [1.54, 1.807) is 0 Å². The Bertz CT molecular complexity index is 830. The number of rotatable bonds is 16. The van der Waals surface area contributed by atoms with Crippen molar-refractivity contribution in [1.82, 2.24) is 0 Å². The van der Waals surface area contributed by atoms with E-state index in [0.717, 1.165) is 18.6 Å². The van der Waals surface area contributed by atoms with Gasteiger partial charge in [0.1, 0.15) is 11.8 Å². The maximum absolute atomic E-state index is 13.0. The molecule has 8 heteroatoms. The third-order valence-corrected chi connectivity index (χ3v) is 6.63. The van der Waals surface area contributed by atoms with E-state index in [1.807, 2.05) is 18.4 Å². The second kappa shape index (κ2) is 14.6. The fourth-order valence-electron chi connectivity index (χ4n) is 4.69. The van der Waals surface area contributed by atoms with E-state index in [0.29, 0.717) is 32.4 Å². The number of allylic oxidation sites excluding steroid dienone is 3. The summed E-state index contributed by atoms with van der Waals surface area (Å²) < 4.78 is 2.12. The van der Waals surface area contributed by atoms with Crippen molar-refractivity contribution < 1.29 is 34.2 Å². The van der Waals surface area contributed by atoms with Crippen molar-refractivity contribution in [2.45, 2.75) is 89.6 Å². The number of carboxylic acids is 2. The normalized spacial score (nSPS) is 23.6. The maximum Gasteiger partial charge on any atom is 0.333 e. The molecule has 1 heterocycles. The second-order valence-corrected chi connectivity index (χ2v) is 9.34. The second-order valence-electron chi connectivity index (χ2n) is 9.34. The number of hydrogen-bond acceptors (Lipinski definition) is 4. The first-order valence-electron chi connectivity index (χ1n) is 12.6. The average Bonchev–Trinajstić information content (AvgIpc) is 3.37. The lowest BCUT2D eigenvalue weighted by Gasteiger charge is -2.16. The van der Waals surface area contributed by atoms with Gasteiger partial charge in [-0.1, -0.05) is 50.5 Å². The molecule has 2 rings (SSSR count). The summed E-state index contributed by atoms with van der Waals surface area (Å²) in [6, 6.07) is -0.933. The number of unbranched alkanes of at least 4 members (excludes halogenated alkanes) is 5. The Morgan fingerprint density at radius 2 is 1.94 bits per heavy atom. The Balaban J connectivity index is 2.05. The first kappa shape index (κ1) is 27.6. The SMILES string of the molecule is CCCCCC/C=C/[C@@H]1C(C/C=C\CCCC(=O)O)C(=O)CC1[N+]1=CC(C[C@H](N)C(=O)O)=[NH+]C1. The highest BCUT2D eigenvalue weighted by atomic mass is 16.4. The van der Waals surface area contributed by atoms with Gasteiger partial charge in [0.05, 0.1) is 12.8 Å². The summed E-state index contributed by atoms with van der Waals surface area (Å²) in [5.74, 6) is -1.61. The summed E-state index contributed by atoms with van der Waals surface area (Å²) in [6.45, 7) is 2.73. The number of nitrogens with zero attached hydrogens (tertiary/aromatic N) is 1. The zero-order valence-electron chi connectivity index (χ0n) is 20.3. The molecule has 5 N–H and O–H groups in total. The smallest absolute Gasteiger partial charge is 0.333 e. The summed E-state index contributed by atoms with van der Waals surface area (Å²) in [5.41, 5.74) is 6.47. The van der Waals surface area contributed by atoms with Gasteiger partial charge in [0.2, 0.25) is 11.9 Å². The minimum Gasteiger partial charge on any atom is -0.481 e. The third-order valence-electron chi connectivity index (χ3n) is 6.63. The molecule has 0 aromatic rings. The summed E-state index contributed by atoms with van der Waals surface area (Å²) in [5, 5.41) is 17.8. The van der Waals surface area contributed by atoms with Crippen LogP contribution in [0.25, 0.3) is 0 Å². The summed E-state index contributed by atoms with van der Waals surface area (Å²) in [4.78, 5) is 38.0. The number of nitrogens with one attached hydrogen (secondary N) is 1. The number of carbonyl (C=O) groups is 3. The van der Waals surface area contributed by atoms with Crippen molar-refractivity contribution in [1.29, 1.82) is 0 Å². The van der Waals surface area contributed by atoms with Gasteiger partial charge >= 0.3 is 18.6 Å². The molecule has 34 heavy (non-hydrogen) atoms. The van der Waals surface area contributed by atoms with E-state index in [4.69, 9.17) is 15.9 Å². The highest BCUT2D eigenvalue weighted by Gasteiger charge is 2.48. The maximum atomic E-state index is 13.0. The van der Waals surface area contributed by atoms with E-state index >= 15 is 0 Å². The van der Waals surface area contributed by atoms with Crippen LogP contribution in [0.1, 0.15) is 77.6 Å². The lowest BCUT2D eigenvalue weighted by Crippen LogP contribution is -2.73. The van der Waals surface area contributed by atoms with Crippen LogP contribution in [0.4, 0.5) is 0 Å². The molecule has 0 aromatic carbocycles. The Morgan fingerprint density at radius 1 is 1.18 bits per heavy atom. The molecule has 0 aromatic heterocycles. The van der Waals surface area contributed by atoms with Crippen molar-refractivity contribution in [3.63, 3.8) is 0 Å². The van der Waals surface area contributed by atoms with Crippen LogP contribution < -0.4 is 10.7 Å². The molecule has 2 unspecified atom stereocenters. The molecule has 1 saturated carbocycles. The molecule has 0 radical (unpaired) electrons. The van der Waals surface area contributed by atoms with Gasteiger partial charge in [0.25, 0.3) is 0 Å². The Hall–Kier alpha value is -2.61. The zero-order valence-corrected chi connectivity index (χ0v) is 20.3. The van der Waals surface area contributed by atoms with Gasteiger partial charge in [0.15, 0.2) is 6.04 Å². The van der Waals surface area contributed by atoms with Gasteiger partial charge in [-0.25, -0.2) is 0 Å². The lowest BCUT2D eigenvalue weighted by atomic mass is 9.89. The van der Waals surface area contributed by atoms with Crippen LogP contribution in [-0.2, 0) is 14.4 Å². The predicted octanol–water partition coefficient (Wildman–Crippen LogP) is 1.67. The minimum absolute atomic E-state index is 0.0239. The van der Waals surface area contributed by atoms with Crippen molar-refractivity contribution in [3.05, 3.63) is 24.3 Å². The van der Waals surface area contributed by atoms with Gasteiger partial charge in [-0.2, -0.15) is 9.57 Å². The first-order valence-corrected chi connectivity index (χ1v) is 12.6. The van der Waals surface area contributed by atoms with Gasteiger partial charge in [0, 0.05) is 18.3 Å². The van der Waals surface area contributed by atoms with Gasteiger partial charge < -0.3 is 15.9 Å². The molecule has 8 nitrogen and oxygen atoms in total. The molecule has 0 amide bonds. The molecule has 188 valence electrons.